The summed E-state index contributed by atoms with van der Waals surface area (Å²) in [4.78, 5) is 29.8. The van der Waals surface area contributed by atoms with Crippen molar-refractivity contribution in [2.45, 2.75) is 39.2 Å². The second-order valence-corrected chi connectivity index (χ2v) is 6.55. The van der Waals surface area contributed by atoms with Crippen LogP contribution in [0.15, 0.2) is 24.3 Å². The van der Waals surface area contributed by atoms with Gasteiger partial charge in [-0.3, -0.25) is 9.59 Å². The Bertz CT molecular complexity index is 829. The summed E-state index contributed by atoms with van der Waals surface area (Å²) in [6, 6.07) is 7.73. The minimum Gasteiger partial charge on any atom is -0.383 e. The molecule has 0 fully saturated rings. The summed E-state index contributed by atoms with van der Waals surface area (Å²) in [5, 5.41) is 5.76. The number of methoxy groups -OCH3 is 1. The van der Waals surface area contributed by atoms with E-state index in [0.29, 0.717) is 31.2 Å². The number of hydrogen-bond acceptors (Lipinski definition) is 4. The molecule has 27 heavy (non-hydrogen) atoms. The first-order valence-corrected chi connectivity index (χ1v) is 9.41. The maximum atomic E-state index is 12.9. The minimum atomic E-state index is -0.275. The molecule has 0 saturated heterocycles. The molecule has 2 N–H and O–H groups in total. The molecule has 1 aliphatic heterocycles. The first-order valence-electron chi connectivity index (χ1n) is 9.41. The lowest BCUT2D eigenvalue weighted by molar-refractivity contribution is 0.0921. The maximum absolute atomic E-state index is 12.9. The van der Waals surface area contributed by atoms with E-state index in [1.807, 2.05) is 35.8 Å². The average molecular weight is 370 g/mol. The van der Waals surface area contributed by atoms with E-state index >= 15 is 0 Å². The monoisotopic (exact) mass is 370 g/mol. The van der Waals surface area contributed by atoms with Crippen LogP contribution >= 0.6 is 0 Å². The predicted molar refractivity (Wildman–Crippen MR) is 103 cm³/mol. The Labute approximate surface area is 159 Å². The van der Waals surface area contributed by atoms with Gasteiger partial charge in [-0.2, -0.15) is 0 Å². The normalized spacial score (nSPS) is 13.1. The van der Waals surface area contributed by atoms with Crippen molar-refractivity contribution in [3.63, 3.8) is 0 Å². The number of aryl methyl sites for hydroxylation is 1. The van der Waals surface area contributed by atoms with Gasteiger partial charge < -0.3 is 19.9 Å². The summed E-state index contributed by atoms with van der Waals surface area (Å²) in [7, 11) is 1.58. The van der Waals surface area contributed by atoms with E-state index in [0.717, 1.165) is 42.6 Å². The number of aromatic nitrogens is 2. The van der Waals surface area contributed by atoms with Gasteiger partial charge in [0.1, 0.15) is 0 Å². The molecule has 1 aromatic carbocycles. The molecule has 0 atom stereocenters. The summed E-state index contributed by atoms with van der Waals surface area (Å²) < 4.78 is 6.85. The number of benzene rings is 1. The van der Waals surface area contributed by atoms with Crippen molar-refractivity contribution in [3.05, 3.63) is 47.0 Å². The quantitative estimate of drug-likeness (QED) is 0.733. The molecule has 0 spiro atoms. The molecule has 2 aromatic rings. The predicted octanol–water partition coefficient (Wildman–Crippen LogP) is 2.41. The molecule has 3 rings (SSSR count). The third kappa shape index (κ3) is 4.19. The summed E-state index contributed by atoms with van der Waals surface area (Å²) in [6.45, 7) is 3.59. The standard InChI is InChI=1S/C20H26N4O3/c1-3-14-8-4-5-9-15(14)22-19(25)17-16-10-6-7-12-24(16)18(23-17)20(26)21-11-13-27-2/h4-5,8-9H,3,6-7,10-13H2,1-2H3,(H,21,26)(H,22,25). The number of rotatable bonds is 7. The Hall–Kier alpha value is -2.67. The first-order chi connectivity index (χ1) is 13.2. The van der Waals surface area contributed by atoms with Gasteiger partial charge in [-0.15, -0.1) is 0 Å². The van der Waals surface area contributed by atoms with Crippen molar-refractivity contribution in [2.75, 3.05) is 25.6 Å². The third-order valence-corrected chi connectivity index (χ3v) is 4.77. The maximum Gasteiger partial charge on any atom is 0.287 e. The van der Waals surface area contributed by atoms with Gasteiger partial charge in [0.2, 0.25) is 0 Å². The molecule has 1 aliphatic rings. The lowest BCUT2D eigenvalue weighted by Crippen LogP contribution is -2.30. The van der Waals surface area contributed by atoms with Crippen LogP contribution in [0, 0.1) is 0 Å². The lowest BCUT2D eigenvalue weighted by Gasteiger charge is -2.17. The van der Waals surface area contributed by atoms with E-state index in [1.165, 1.54) is 0 Å². The molecule has 0 aliphatic carbocycles. The van der Waals surface area contributed by atoms with Crippen molar-refractivity contribution in [3.8, 4) is 0 Å². The van der Waals surface area contributed by atoms with Gasteiger partial charge in [-0.1, -0.05) is 25.1 Å². The largest absolute Gasteiger partial charge is 0.383 e. The SMILES string of the molecule is CCc1ccccc1NC(=O)c1nc(C(=O)NCCOC)n2c1CCCC2. The van der Waals surface area contributed by atoms with Crippen LogP contribution < -0.4 is 10.6 Å². The number of imidazole rings is 1. The second-order valence-electron chi connectivity index (χ2n) is 6.55. The van der Waals surface area contributed by atoms with Gasteiger partial charge in [0, 0.05) is 25.9 Å². The smallest absolute Gasteiger partial charge is 0.287 e. The highest BCUT2D eigenvalue weighted by Gasteiger charge is 2.27. The van der Waals surface area contributed by atoms with Gasteiger partial charge in [0.05, 0.1) is 12.3 Å². The van der Waals surface area contributed by atoms with E-state index in [9.17, 15) is 9.59 Å². The fourth-order valence-corrected chi connectivity index (χ4v) is 3.38. The molecule has 7 heteroatoms. The summed E-state index contributed by atoms with van der Waals surface area (Å²) in [5.41, 5.74) is 3.03. The molecule has 144 valence electrons. The van der Waals surface area contributed by atoms with Crippen molar-refractivity contribution in [1.29, 1.82) is 0 Å². The number of amides is 2. The molecule has 7 nitrogen and oxygen atoms in total. The molecule has 0 bridgehead atoms. The second kappa shape index (κ2) is 8.81. The zero-order valence-corrected chi connectivity index (χ0v) is 15.9. The number of nitrogens with one attached hydrogen (secondary N) is 2. The van der Waals surface area contributed by atoms with Gasteiger partial charge in [0.15, 0.2) is 11.5 Å². The van der Waals surface area contributed by atoms with Crippen molar-refractivity contribution >= 4 is 17.5 Å². The highest BCUT2D eigenvalue weighted by Crippen LogP contribution is 2.23. The molecule has 2 amide bonds. The van der Waals surface area contributed by atoms with Crippen LogP contribution in [0.4, 0.5) is 5.69 Å². The Kier molecular flexibility index (Phi) is 6.24. The number of hydrogen-bond donors (Lipinski definition) is 2. The van der Waals surface area contributed by atoms with Crippen LogP contribution in [0.2, 0.25) is 0 Å². The van der Waals surface area contributed by atoms with Crippen LogP contribution in [-0.2, 0) is 24.1 Å². The van der Waals surface area contributed by atoms with Crippen molar-refractivity contribution < 1.29 is 14.3 Å². The number of carbonyl (C=O) groups excluding carboxylic acids is 2. The van der Waals surface area contributed by atoms with Crippen LogP contribution in [0.3, 0.4) is 0 Å². The zero-order chi connectivity index (χ0) is 19.2. The van der Waals surface area contributed by atoms with E-state index in [1.54, 1.807) is 7.11 Å². The van der Waals surface area contributed by atoms with Crippen LogP contribution in [0.1, 0.15) is 52.1 Å². The van der Waals surface area contributed by atoms with Crippen LogP contribution in [0.5, 0.6) is 0 Å². The number of fused-ring (bicyclic) bond motifs is 1. The molecule has 2 heterocycles. The number of anilines is 1. The molecule has 1 aromatic heterocycles. The van der Waals surface area contributed by atoms with Gasteiger partial charge >= 0.3 is 0 Å². The highest BCUT2D eigenvalue weighted by molar-refractivity contribution is 6.05. The van der Waals surface area contributed by atoms with Gasteiger partial charge in [0.25, 0.3) is 11.8 Å². The minimum absolute atomic E-state index is 0.266. The van der Waals surface area contributed by atoms with Crippen LogP contribution in [0.25, 0.3) is 0 Å². The fraction of sp³-hybridized carbons (Fsp3) is 0.450. The topological polar surface area (TPSA) is 85.2 Å². The number of nitrogens with zero attached hydrogens (tertiary/aromatic N) is 2. The van der Waals surface area contributed by atoms with Gasteiger partial charge in [-0.05, 0) is 37.3 Å². The van der Waals surface area contributed by atoms with Crippen molar-refractivity contribution in [1.82, 2.24) is 14.9 Å². The fourth-order valence-electron chi connectivity index (χ4n) is 3.38. The Morgan fingerprint density at radius 1 is 1.22 bits per heavy atom. The molecule has 0 unspecified atom stereocenters. The van der Waals surface area contributed by atoms with E-state index in [4.69, 9.17) is 4.74 Å². The third-order valence-electron chi connectivity index (χ3n) is 4.77. The lowest BCUT2D eigenvalue weighted by atomic mass is 10.1. The Morgan fingerprint density at radius 2 is 2.04 bits per heavy atom. The average Bonchev–Trinajstić information content (AvgIpc) is 3.08. The number of para-hydroxylation sites is 1. The Morgan fingerprint density at radius 3 is 2.81 bits per heavy atom. The summed E-state index contributed by atoms with van der Waals surface area (Å²) in [5.74, 6) is -0.240. The molecular formula is C20H26N4O3. The summed E-state index contributed by atoms with van der Waals surface area (Å²) >= 11 is 0. The Balaban J connectivity index is 1.86. The zero-order valence-electron chi connectivity index (χ0n) is 15.9. The van der Waals surface area contributed by atoms with Gasteiger partial charge in [-0.25, -0.2) is 4.98 Å². The van der Waals surface area contributed by atoms with Crippen molar-refractivity contribution in [2.24, 2.45) is 0 Å². The first kappa shape index (κ1) is 19.1. The van der Waals surface area contributed by atoms with E-state index in [2.05, 4.69) is 15.6 Å². The number of carbonyl (C=O) groups is 2. The van der Waals surface area contributed by atoms with Crippen LogP contribution in [-0.4, -0.2) is 41.6 Å². The molecular weight excluding hydrogens is 344 g/mol. The molecule has 0 radical (unpaired) electrons. The van der Waals surface area contributed by atoms with E-state index < -0.39 is 0 Å². The highest BCUT2D eigenvalue weighted by atomic mass is 16.5. The summed E-state index contributed by atoms with van der Waals surface area (Å²) in [6.07, 6.45) is 3.53. The van der Waals surface area contributed by atoms with E-state index in [-0.39, 0.29) is 11.8 Å². The number of ether oxygens (including phenoxy) is 1. The molecule has 0 saturated carbocycles.